The van der Waals surface area contributed by atoms with Gasteiger partial charge in [0.2, 0.25) is 0 Å². The fourth-order valence-electron chi connectivity index (χ4n) is 3.40. The lowest BCUT2D eigenvalue weighted by Gasteiger charge is -2.43. The van der Waals surface area contributed by atoms with Crippen LogP contribution >= 0.6 is 0 Å². The maximum absolute atomic E-state index is 12.6. The van der Waals surface area contributed by atoms with E-state index >= 15 is 0 Å². The minimum absolute atomic E-state index is 0.0282. The van der Waals surface area contributed by atoms with Crippen LogP contribution in [0, 0.1) is 0 Å². The van der Waals surface area contributed by atoms with Gasteiger partial charge in [0.1, 0.15) is 0 Å². The number of hydrogen-bond acceptors (Lipinski definition) is 1. The zero-order valence-corrected chi connectivity index (χ0v) is 13.9. The molecule has 0 fully saturated rings. The molecule has 1 N–H and O–H groups in total. The SMILES string of the molecule is CC1(C)c2ccccc2CCN1C(=O)NCCc1ccccc1. The number of nitrogens with zero attached hydrogens (tertiary/aromatic N) is 1. The first-order valence-corrected chi connectivity index (χ1v) is 8.27. The second kappa shape index (κ2) is 6.45. The Morgan fingerprint density at radius 1 is 1.09 bits per heavy atom. The smallest absolute Gasteiger partial charge is 0.318 e. The molecule has 23 heavy (non-hydrogen) atoms. The van der Waals surface area contributed by atoms with Crippen molar-refractivity contribution in [3.8, 4) is 0 Å². The van der Waals surface area contributed by atoms with Gasteiger partial charge in [-0.1, -0.05) is 54.6 Å². The van der Waals surface area contributed by atoms with Gasteiger partial charge in [0.25, 0.3) is 0 Å². The molecule has 0 saturated carbocycles. The molecule has 120 valence electrons. The Hall–Kier alpha value is -2.29. The lowest BCUT2D eigenvalue weighted by atomic mass is 9.83. The number of benzene rings is 2. The number of rotatable bonds is 3. The second-order valence-corrected chi connectivity index (χ2v) is 6.59. The third-order valence-corrected chi connectivity index (χ3v) is 4.73. The Morgan fingerprint density at radius 2 is 1.78 bits per heavy atom. The number of fused-ring (bicyclic) bond motifs is 1. The number of urea groups is 1. The predicted molar refractivity (Wildman–Crippen MR) is 93.4 cm³/mol. The molecular weight excluding hydrogens is 284 g/mol. The van der Waals surface area contributed by atoms with Crippen molar-refractivity contribution < 1.29 is 4.79 Å². The van der Waals surface area contributed by atoms with Crippen LogP contribution in [-0.4, -0.2) is 24.0 Å². The van der Waals surface area contributed by atoms with E-state index in [1.165, 1.54) is 16.7 Å². The Morgan fingerprint density at radius 3 is 2.57 bits per heavy atom. The topological polar surface area (TPSA) is 32.3 Å². The highest BCUT2D eigenvalue weighted by atomic mass is 16.2. The van der Waals surface area contributed by atoms with Crippen LogP contribution in [0.3, 0.4) is 0 Å². The van der Waals surface area contributed by atoms with Crippen LogP contribution in [0.5, 0.6) is 0 Å². The van der Waals surface area contributed by atoms with Crippen LogP contribution in [0.2, 0.25) is 0 Å². The third-order valence-electron chi connectivity index (χ3n) is 4.73. The molecule has 0 unspecified atom stereocenters. The minimum Gasteiger partial charge on any atom is -0.338 e. The van der Waals surface area contributed by atoms with Gasteiger partial charge in [-0.2, -0.15) is 0 Å². The molecule has 2 aromatic carbocycles. The van der Waals surface area contributed by atoms with Crippen LogP contribution in [0.15, 0.2) is 54.6 Å². The van der Waals surface area contributed by atoms with E-state index in [4.69, 9.17) is 0 Å². The van der Waals surface area contributed by atoms with E-state index in [1.807, 2.05) is 23.1 Å². The molecule has 0 saturated heterocycles. The van der Waals surface area contributed by atoms with Crippen molar-refractivity contribution in [1.82, 2.24) is 10.2 Å². The summed E-state index contributed by atoms with van der Waals surface area (Å²) in [6, 6.07) is 18.7. The van der Waals surface area contributed by atoms with Gasteiger partial charge in [-0.15, -0.1) is 0 Å². The molecule has 0 aromatic heterocycles. The molecule has 0 bridgehead atoms. The minimum atomic E-state index is -0.272. The van der Waals surface area contributed by atoms with E-state index in [1.54, 1.807) is 0 Å². The monoisotopic (exact) mass is 308 g/mol. The summed E-state index contributed by atoms with van der Waals surface area (Å²) < 4.78 is 0. The molecule has 1 aliphatic heterocycles. The number of nitrogens with one attached hydrogen (secondary N) is 1. The van der Waals surface area contributed by atoms with Crippen LogP contribution < -0.4 is 5.32 Å². The average molecular weight is 308 g/mol. The highest BCUT2D eigenvalue weighted by Gasteiger charge is 2.36. The lowest BCUT2D eigenvalue weighted by molar-refractivity contribution is 0.126. The first-order chi connectivity index (χ1) is 11.1. The zero-order valence-electron chi connectivity index (χ0n) is 13.9. The van der Waals surface area contributed by atoms with Crippen molar-refractivity contribution in [2.45, 2.75) is 32.2 Å². The van der Waals surface area contributed by atoms with E-state index in [0.717, 1.165) is 19.4 Å². The molecule has 0 spiro atoms. The standard InChI is InChI=1S/C20H24N2O/c1-20(2)18-11-7-6-10-17(18)13-15-22(20)19(23)21-14-12-16-8-4-3-5-9-16/h3-11H,12-15H2,1-2H3,(H,21,23). The molecule has 1 heterocycles. The van der Waals surface area contributed by atoms with E-state index in [0.29, 0.717) is 6.54 Å². The largest absolute Gasteiger partial charge is 0.338 e. The predicted octanol–water partition coefficient (Wildman–Crippen LogP) is 3.73. The van der Waals surface area contributed by atoms with Crippen molar-refractivity contribution in [2.75, 3.05) is 13.1 Å². The molecule has 2 amide bonds. The maximum Gasteiger partial charge on any atom is 0.318 e. The summed E-state index contributed by atoms with van der Waals surface area (Å²) in [5, 5.41) is 3.07. The van der Waals surface area contributed by atoms with Crippen molar-refractivity contribution in [2.24, 2.45) is 0 Å². The van der Waals surface area contributed by atoms with Crippen molar-refractivity contribution in [3.05, 3.63) is 71.3 Å². The Kier molecular flexibility index (Phi) is 4.37. The quantitative estimate of drug-likeness (QED) is 0.920. The molecule has 3 heteroatoms. The molecule has 0 aliphatic carbocycles. The van der Waals surface area contributed by atoms with Gasteiger partial charge in [0, 0.05) is 13.1 Å². The summed E-state index contributed by atoms with van der Waals surface area (Å²) >= 11 is 0. The van der Waals surface area contributed by atoms with Gasteiger partial charge in [-0.05, 0) is 43.4 Å². The Labute approximate surface area is 138 Å². The fourth-order valence-corrected chi connectivity index (χ4v) is 3.40. The second-order valence-electron chi connectivity index (χ2n) is 6.59. The molecule has 2 aromatic rings. The van der Waals surface area contributed by atoms with Crippen LogP contribution in [0.4, 0.5) is 4.79 Å². The van der Waals surface area contributed by atoms with E-state index in [2.05, 4.69) is 55.6 Å². The van der Waals surface area contributed by atoms with Gasteiger partial charge in [-0.25, -0.2) is 4.79 Å². The van der Waals surface area contributed by atoms with Crippen LogP contribution in [0.25, 0.3) is 0 Å². The van der Waals surface area contributed by atoms with Gasteiger partial charge in [-0.3, -0.25) is 0 Å². The summed E-state index contributed by atoms with van der Waals surface area (Å²) in [6.07, 6.45) is 1.78. The summed E-state index contributed by atoms with van der Waals surface area (Å²) in [6.45, 7) is 5.68. The number of amides is 2. The van der Waals surface area contributed by atoms with Crippen molar-refractivity contribution in [1.29, 1.82) is 0 Å². The highest BCUT2D eigenvalue weighted by molar-refractivity contribution is 5.76. The number of carbonyl (C=O) groups excluding carboxylic acids is 1. The van der Waals surface area contributed by atoms with E-state index in [9.17, 15) is 4.79 Å². The zero-order chi connectivity index (χ0) is 16.3. The molecule has 0 radical (unpaired) electrons. The average Bonchev–Trinajstić information content (AvgIpc) is 2.56. The van der Waals surface area contributed by atoms with Crippen LogP contribution in [-0.2, 0) is 18.4 Å². The number of hydrogen-bond donors (Lipinski definition) is 1. The fraction of sp³-hybridized carbons (Fsp3) is 0.350. The molecular formula is C20H24N2O. The number of carbonyl (C=O) groups is 1. The summed E-state index contributed by atoms with van der Waals surface area (Å²) in [5.41, 5.74) is 3.58. The van der Waals surface area contributed by atoms with Gasteiger partial charge < -0.3 is 10.2 Å². The highest BCUT2D eigenvalue weighted by Crippen LogP contribution is 2.34. The van der Waals surface area contributed by atoms with Crippen molar-refractivity contribution >= 4 is 6.03 Å². The first-order valence-electron chi connectivity index (χ1n) is 8.27. The Balaban J connectivity index is 1.64. The van der Waals surface area contributed by atoms with Gasteiger partial charge in [0.05, 0.1) is 5.54 Å². The lowest BCUT2D eigenvalue weighted by Crippen LogP contribution is -2.53. The van der Waals surface area contributed by atoms with Gasteiger partial charge in [0.15, 0.2) is 0 Å². The van der Waals surface area contributed by atoms with Gasteiger partial charge >= 0.3 is 6.03 Å². The molecule has 3 rings (SSSR count). The molecule has 0 atom stereocenters. The first kappa shape index (κ1) is 15.6. The normalized spacial score (nSPS) is 15.8. The molecule has 3 nitrogen and oxygen atoms in total. The van der Waals surface area contributed by atoms with E-state index < -0.39 is 0 Å². The third kappa shape index (κ3) is 3.24. The Bertz CT molecular complexity index is 679. The summed E-state index contributed by atoms with van der Waals surface area (Å²) in [5.74, 6) is 0. The summed E-state index contributed by atoms with van der Waals surface area (Å²) in [4.78, 5) is 14.6. The van der Waals surface area contributed by atoms with Crippen LogP contribution in [0.1, 0.15) is 30.5 Å². The summed E-state index contributed by atoms with van der Waals surface area (Å²) in [7, 11) is 0. The molecule has 1 aliphatic rings. The maximum atomic E-state index is 12.6. The van der Waals surface area contributed by atoms with E-state index in [-0.39, 0.29) is 11.6 Å². The van der Waals surface area contributed by atoms with Crippen molar-refractivity contribution in [3.63, 3.8) is 0 Å².